The Labute approximate surface area is 161 Å². The van der Waals surface area contributed by atoms with Crippen molar-refractivity contribution < 1.29 is 24.3 Å². The minimum absolute atomic E-state index is 0.103. The molecule has 150 valence electrons. The highest BCUT2D eigenvalue weighted by atomic mass is 16.6. The summed E-state index contributed by atoms with van der Waals surface area (Å²) >= 11 is 0. The van der Waals surface area contributed by atoms with Crippen LogP contribution in [0.2, 0.25) is 0 Å². The smallest absolute Gasteiger partial charge is 0.271 e. The number of nitrogens with one attached hydrogen (secondary N) is 3. The van der Waals surface area contributed by atoms with E-state index in [0.717, 1.165) is 0 Å². The molecule has 2 aromatic rings. The molecular formula is C18H22N4O6. The first kappa shape index (κ1) is 20.8. The molecule has 4 N–H and O–H groups in total. The normalized spacial score (nSPS) is 10.1. The average Bonchev–Trinajstić information content (AvgIpc) is 2.70. The van der Waals surface area contributed by atoms with Gasteiger partial charge in [-0.05, 0) is 6.07 Å². The minimum Gasteiger partial charge on any atom is -0.497 e. The Morgan fingerprint density at radius 3 is 2.32 bits per heavy atom. The van der Waals surface area contributed by atoms with E-state index in [9.17, 15) is 14.9 Å². The highest BCUT2D eigenvalue weighted by Gasteiger charge is 2.12. The molecule has 0 unspecified atom stereocenters. The molecule has 2 rings (SSSR count). The number of hydrogen-bond acceptors (Lipinski definition) is 8. The zero-order chi connectivity index (χ0) is 20.5. The Balaban J connectivity index is 2.09. The van der Waals surface area contributed by atoms with Crippen LogP contribution in [0.4, 0.5) is 22.7 Å². The number of nitro groups is 1. The van der Waals surface area contributed by atoms with Crippen LogP contribution in [-0.2, 0) is 4.79 Å². The summed E-state index contributed by atoms with van der Waals surface area (Å²) in [6.45, 7) is 0.0331. The van der Waals surface area contributed by atoms with E-state index in [2.05, 4.69) is 16.0 Å². The fourth-order valence-electron chi connectivity index (χ4n) is 2.40. The number of carbonyl (C=O) groups excluding carboxylic acids is 1. The molecule has 0 atom stereocenters. The molecule has 0 radical (unpaired) electrons. The van der Waals surface area contributed by atoms with E-state index in [-0.39, 0.29) is 31.3 Å². The lowest BCUT2D eigenvalue weighted by Gasteiger charge is -2.14. The molecule has 28 heavy (non-hydrogen) atoms. The van der Waals surface area contributed by atoms with E-state index in [1.807, 2.05) is 0 Å². The second kappa shape index (κ2) is 9.97. The molecule has 0 spiro atoms. The van der Waals surface area contributed by atoms with E-state index >= 15 is 0 Å². The number of hydrogen-bond donors (Lipinski definition) is 4. The Morgan fingerprint density at radius 2 is 1.75 bits per heavy atom. The number of methoxy groups -OCH3 is 2. The molecule has 0 bridgehead atoms. The summed E-state index contributed by atoms with van der Waals surface area (Å²) in [6, 6.07) is 9.14. The van der Waals surface area contributed by atoms with Crippen LogP contribution in [0.15, 0.2) is 36.4 Å². The summed E-state index contributed by atoms with van der Waals surface area (Å²) < 4.78 is 10.3. The molecule has 10 heteroatoms. The molecule has 0 aromatic heterocycles. The Kier molecular flexibility index (Phi) is 7.40. The zero-order valence-corrected chi connectivity index (χ0v) is 15.5. The number of nitrogens with zero attached hydrogens (tertiary/aromatic N) is 1. The van der Waals surface area contributed by atoms with Crippen LogP contribution in [0.5, 0.6) is 11.5 Å². The fourth-order valence-corrected chi connectivity index (χ4v) is 2.40. The molecule has 0 aliphatic carbocycles. The van der Waals surface area contributed by atoms with Crippen molar-refractivity contribution in [3.8, 4) is 11.5 Å². The molecule has 0 fully saturated rings. The number of benzene rings is 2. The van der Waals surface area contributed by atoms with Gasteiger partial charge < -0.3 is 30.5 Å². The summed E-state index contributed by atoms with van der Waals surface area (Å²) in [5.74, 6) is 0.684. The fraction of sp³-hybridized carbons (Fsp3) is 0.278. The molecule has 0 saturated carbocycles. The maximum Gasteiger partial charge on any atom is 0.271 e. The van der Waals surface area contributed by atoms with Gasteiger partial charge in [0.25, 0.3) is 5.69 Å². The molecule has 0 saturated heterocycles. The first-order chi connectivity index (χ1) is 13.5. The van der Waals surface area contributed by atoms with Crippen LogP contribution >= 0.6 is 0 Å². The molecule has 0 aliphatic rings. The third-order valence-corrected chi connectivity index (χ3v) is 3.72. The van der Waals surface area contributed by atoms with E-state index in [1.165, 1.54) is 32.4 Å². The number of amides is 1. The summed E-state index contributed by atoms with van der Waals surface area (Å²) in [6.07, 6.45) is 0. The molecule has 0 heterocycles. The number of rotatable bonds is 10. The predicted octanol–water partition coefficient (Wildman–Crippen LogP) is 2.07. The van der Waals surface area contributed by atoms with Crippen molar-refractivity contribution in [3.05, 3.63) is 46.5 Å². The van der Waals surface area contributed by atoms with Crippen molar-refractivity contribution in [1.82, 2.24) is 0 Å². The monoisotopic (exact) mass is 390 g/mol. The largest absolute Gasteiger partial charge is 0.497 e. The van der Waals surface area contributed by atoms with E-state index in [4.69, 9.17) is 14.6 Å². The number of anilines is 3. The van der Waals surface area contributed by atoms with Gasteiger partial charge in [0.2, 0.25) is 5.91 Å². The van der Waals surface area contributed by atoms with Crippen LogP contribution in [0, 0.1) is 10.1 Å². The standard InChI is InChI=1S/C18H22N4O6/c1-27-14-7-12(8-15(10-14)28-2)21-18(24)11-20-17-9-13(22(25)26)3-4-16(17)19-5-6-23/h3-4,7-10,19-20,23H,5-6,11H2,1-2H3,(H,21,24). The molecule has 0 aliphatic heterocycles. The Hall–Kier alpha value is -3.53. The average molecular weight is 390 g/mol. The van der Waals surface area contributed by atoms with Crippen LogP contribution in [0.3, 0.4) is 0 Å². The van der Waals surface area contributed by atoms with Gasteiger partial charge in [-0.2, -0.15) is 0 Å². The van der Waals surface area contributed by atoms with Gasteiger partial charge in [-0.1, -0.05) is 0 Å². The van der Waals surface area contributed by atoms with Crippen LogP contribution in [0.1, 0.15) is 0 Å². The maximum atomic E-state index is 12.3. The quantitative estimate of drug-likeness (QED) is 0.358. The number of aliphatic hydroxyl groups is 1. The lowest BCUT2D eigenvalue weighted by molar-refractivity contribution is -0.384. The van der Waals surface area contributed by atoms with Crippen molar-refractivity contribution >= 4 is 28.7 Å². The molecule has 2 aromatic carbocycles. The van der Waals surface area contributed by atoms with Crippen molar-refractivity contribution in [2.75, 3.05) is 49.9 Å². The van der Waals surface area contributed by atoms with Gasteiger partial charge >= 0.3 is 0 Å². The van der Waals surface area contributed by atoms with Crippen LogP contribution < -0.4 is 25.4 Å². The van der Waals surface area contributed by atoms with E-state index < -0.39 is 4.92 Å². The SMILES string of the molecule is COc1cc(NC(=O)CNc2cc([N+](=O)[O-])ccc2NCCO)cc(OC)c1. The third kappa shape index (κ3) is 5.74. The Morgan fingerprint density at radius 1 is 1.07 bits per heavy atom. The van der Waals surface area contributed by atoms with Gasteiger partial charge in [-0.15, -0.1) is 0 Å². The number of carbonyl (C=O) groups is 1. The van der Waals surface area contributed by atoms with Gasteiger partial charge in [-0.25, -0.2) is 0 Å². The van der Waals surface area contributed by atoms with Gasteiger partial charge in [-0.3, -0.25) is 14.9 Å². The van der Waals surface area contributed by atoms with E-state index in [1.54, 1.807) is 18.2 Å². The molecule has 10 nitrogen and oxygen atoms in total. The topological polar surface area (TPSA) is 135 Å². The van der Waals surface area contributed by atoms with Crippen molar-refractivity contribution in [3.63, 3.8) is 0 Å². The number of aliphatic hydroxyl groups excluding tert-OH is 1. The lowest BCUT2D eigenvalue weighted by atomic mass is 10.2. The van der Waals surface area contributed by atoms with Crippen molar-refractivity contribution in [2.24, 2.45) is 0 Å². The highest BCUT2D eigenvalue weighted by molar-refractivity contribution is 5.94. The van der Waals surface area contributed by atoms with E-state index in [0.29, 0.717) is 28.6 Å². The number of non-ortho nitro benzene ring substituents is 1. The molecular weight excluding hydrogens is 368 g/mol. The Bertz CT molecular complexity index is 821. The summed E-state index contributed by atoms with van der Waals surface area (Å²) in [5, 5.41) is 28.5. The summed E-state index contributed by atoms with van der Waals surface area (Å²) in [4.78, 5) is 22.7. The maximum absolute atomic E-state index is 12.3. The van der Waals surface area contributed by atoms with Crippen molar-refractivity contribution in [2.45, 2.75) is 0 Å². The highest BCUT2D eigenvalue weighted by Crippen LogP contribution is 2.28. The zero-order valence-electron chi connectivity index (χ0n) is 15.5. The third-order valence-electron chi connectivity index (χ3n) is 3.72. The summed E-state index contributed by atoms with van der Waals surface area (Å²) in [7, 11) is 3.01. The number of nitro benzene ring substituents is 1. The van der Waals surface area contributed by atoms with Gasteiger partial charge in [0.1, 0.15) is 11.5 Å². The minimum atomic E-state index is -0.524. The van der Waals surface area contributed by atoms with Gasteiger partial charge in [0, 0.05) is 42.6 Å². The summed E-state index contributed by atoms with van der Waals surface area (Å²) in [5.41, 5.74) is 1.28. The second-order valence-electron chi connectivity index (χ2n) is 5.64. The first-order valence-electron chi connectivity index (χ1n) is 8.36. The van der Waals surface area contributed by atoms with Gasteiger partial charge in [0.15, 0.2) is 0 Å². The van der Waals surface area contributed by atoms with Crippen molar-refractivity contribution in [1.29, 1.82) is 0 Å². The van der Waals surface area contributed by atoms with Crippen LogP contribution in [-0.4, -0.2) is 49.9 Å². The second-order valence-corrected chi connectivity index (χ2v) is 5.64. The van der Waals surface area contributed by atoms with Gasteiger partial charge in [0.05, 0.1) is 43.7 Å². The molecule has 1 amide bonds. The predicted molar refractivity (Wildman–Crippen MR) is 105 cm³/mol. The lowest BCUT2D eigenvalue weighted by Crippen LogP contribution is -2.22. The number of ether oxygens (including phenoxy) is 2. The first-order valence-corrected chi connectivity index (χ1v) is 8.36. The van der Waals surface area contributed by atoms with Crippen LogP contribution in [0.25, 0.3) is 0 Å².